The Morgan fingerprint density at radius 3 is 2.90 bits per heavy atom. The summed E-state index contributed by atoms with van der Waals surface area (Å²) >= 11 is 1.67. The lowest BCUT2D eigenvalue weighted by atomic mass is 10.2. The number of carbonyl (C=O) groups is 1. The van der Waals surface area contributed by atoms with Crippen molar-refractivity contribution < 1.29 is 9.21 Å². The van der Waals surface area contributed by atoms with E-state index in [4.69, 9.17) is 4.42 Å². The number of thiophene rings is 1. The normalized spacial score (nSPS) is 10.7. The standard InChI is InChI=1S/C15H20N2O2S/c1-16-8-2-7-15(18)17(11-13-5-3-9-19-13)12-14-6-4-10-20-14/h3-6,9-10,16H,2,7-8,11-12H2,1H3. The van der Waals surface area contributed by atoms with E-state index in [1.54, 1.807) is 17.6 Å². The van der Waals surface area contributed by atoms with Crippen molar-refractivity contribution in [1.29, 1.82) is 0 Å². The molecule has 0 unspecified atom stereocenters. The molecule has 0 saturated carbocycles. The summed E-state index contributed by atoms with van der Waals surface area (Å²) in [6.45, 7) is 2.04. The van der Waals surface area contributed by atoms with E-state index in [1.165, 1.54) is 4.88 Å². The van der Waals surface area contributed by atoms with Crippen LogP contribution >= 0.6 is 11.3 Å². The summed E-state index contributed by atoms with van der Waals surface area (Å²) in [4.78, 5) is 15.4. The molecule has 0 fully saturated rings. The molecule has 108 valence electrons. The Kier molecular flexibility index (Phi) is 5.83. The fourth-order valence-corrected chi connectivity index (χ4v) is 2.71. The van der Waals surface area contributed by atoms with Crippen LogP contribution in [0.25, 0.3) is 0 Å². The first kappa shape index (κ1) is 14.8. The van der Waals surface area contributed by atoms with Gasteiger partial charge in [0, 0.05) is 11.3 Å². The Bertz CT molecular complexity index is 458. The molecule has 0 aromatic carbocycles. The fourth-order valence-electron chi connectivity index (χ4n) is 1.99. The molecule has 0 atom stereocenters. The van der Waals surface area contributed by atoms with Crippen molar-refractivity contribution in [3.05, 3.63) is 46.5 Å². The van der Waals surface area contributed by atoms with Gasteiger partial charge in [0.2, 0.25) is 5.91 Å². The lowest BCUT2D eigenvalue weighted by Gasteiger charge is -2.21. The molecule has 0 bridgehead atoms. The first-order chi connectivity index (χ1) is 9.79. The van der Waals surface area contributed by atoms with Crippen LogP contribution in [0, 0.1) is 0 Å². The van der Waals surface area contributed by atoms with Gasteiger partial charge in [0.25, 0.3) is 0 Å². The molecule has 2 heterocycles. The van der Waals surface area contributed by atoms with Crippen LogP contribution in [0.4, 0.5) is 0 Å². The van der Waals surface area contributed by atoms with E-state index in [0.29, 0.717) is 19.5 Å². The molecule has 0 saturated heterocycles. The van der Waals surface area contributed by atoms with Crippen molar-refractivity contribution in [2.24, 2.45) is 0 Å². The Hall–Kier alpha value is -1.59. The number of rotatable bonds is 8. The average Bonchev–Trinajstić information content (AvgIpc) is 3.11. The van der Waals surface area contributed by atoms with Gasteiger partial charge in [-0.05, 0) is 43.6 Å². The molecule has 0 spiro atoms. The summed E-state index contributed by atoms with van der Waals surface area (Å²) in [7, 11) is 1.90. The second-order valence-corrected chi connectivity index (χ2v) is 5.65. The Labute approximate surface area is 123 Å². The van der Waals surface area contributed by atoms with E-state index in [2.05, 4.69) is 11.4 Å². The van der Waals surface area contributed by atoms with Crippen LogP contribution in [-0.4, -0.2) is 24.4 Å². The number of nitrogens with zero attached hydrogens (tertiary/aromatic N) is 1. The maximum absolute atomic E-state index is 12.3. The first-order valence-corrected chi connectivity index (χ1v) is 7.64. The van der Waals surface area contributed by atoms with Gasteiger partial charge < -0.3 is 14.6 Å². The largest absolute Gasteiger partial charge is 0.467 e. The summed E-state index contributed by atoms with van der Waals surface area (Å²) in [5, 5.41) is 5.10. The maximum Gasteiger partial charge on any atom is 0.223 e. The zero-order chi connectivity index (χ0) is 14.2. The highest BCUT2D eigenvalue weighted by Gasteiger charge is 2.15. The van der Waals surface area contributed by atoms with E-state index < -0.39 is 0 Å². The van der Waals surface area contributed by atoms with E-state index in [-0.39, 0.29) is 5.91 Å². The molecule has 1 amide bonds. The molecular formula is C15H20N2O2S. The number of nitrogens with one attached hydrogen (secondary N) is 1. The third-order valence-electron chi connectivity index (χ3n) is 3.02. The van der Waals surface area contributed by atoms with E-state index in [0.717, 1.165) is 18.7 Å². The molecule has 20 heavy (non-hydrogen) atoms. The smallest absolute Gasteiger partial charge is 0.223 e. The molecule has 1 N–H and O–H groups in total. The van der Waals surface area contributed by atoms with Gasteiger partial charge in [0.05, 0.1) is 19.4 Å². The fraction of sp³-hybridized carbons (Fsp3) is 0.400. The number of carbonyl (C=O) groups excluding carboxylic acids is 1. The number of hydrogen-bond donors (Lipinski definition) is 1. The highest BCUT2D eigenvalue weighted by molar-refractivity contribution is 7.09. The van der Waals surface area contributed by atoms with E-state index in [1.807, 2.05) is 35.5 Å². The van der Waals surface area contributed by atoms with E-state index in [9.17, 15) is 4.79 Å². The number of furan rings is 1. The predicted molar refractivity (Wildman–Crippen MR) is 80.4 cm³/mol. The Morgan fingerprint density at radius 2 is 2.25 bits per heavy atom. The van der Waals surface area contributed by atoms with Crippen LogP contribution in [0.15, 0.2) is 40.3 Å². The van der Waals surface area contributed by atoms with Gasteiger partial charge in [-0.15, -0.1) is 11.3 Å². The summed E-state index contributed by atoms with van der Waals surface area (Å²) in [6.07, 6.45) is 3.06. The first-order valence-electron chi connectivity index (χ1n) is 6.76. The predicted octanol–water partition coefficient (Wildman–Crippen LogP) is 2.87. The maximum atomic E-state index is 12.3. The van der Waals surface area contributed by atoms with Crippen molar-refractivity contribution in [3.8, 4) is 0 Å². The molecule has 0 aliphatic rings. The van der Waals surface area contributed by atoms with Gasteiger partial charge in [0.1, 0.15) is 5.76 Å². The van der Waals surface area contributed by atoms with Crippen molar-refractivity contribution in [2.75, 3.05) is 13.6 Å². The summed E-state index contributed by atoms with van der Waals surface area (Å²) < 4.78 is 5.36. The number of hydrogen-bond acceptors (Lipinski definition) is 4. The second-order valence-electron chi connectivity index (χ2n) is 4.62. The third kappa shape index (κ3) is 4.51. The lowest BCUT2D eigenvalue weighted by molar-refractivity contribution is -0.132. The van der Waals surface area contributed by atoms with Crippen LogP contribution in [-0.2, 0) is 17.9 Å². The molecule has 2 aromatic rings. The second kappa shape index (κ2) is 7.87. The zero-order valence-corrected chi connectivity index (χ0v) is 12.5. The Balaban J connectivity index is 1.97. The van der Waals surface area contributed by atoms with E-state index >= 15 is 0 Å². The summed E-state index contributed by atoms with van der Waals surface area (Å²) in [6, 6.07) is 7.82. The quantitative estimate of drug-likeness (QED) is 0.761. The molecule has 0 radical (unpaired) electrons. The topological polar surface area (TPSA) is 45.5 Å². The molecule has 5 heteroatoms. The van der Waals surface area contributed by atoms with Gasteiger partial charge in [-0.25, -0.2) is 0 Å². The summed E-state index contributed by atoms with van der Waals surface area (Å²) in [5.74, 6) is 0.994. The van der Waals surface area contributed by atoms with Gasteiger partial charge in [-0.1, -0.05) is 6.07 Å². The van der Waals surface area contributed by atoms with Crippen LogP contribution < -0.4 is 5.32 Å². The third-order valence-corrected chi connectivity index (χ3v) is 3.88. The average molecular weight is 292 g/mol. The van der Waals surface area contributed by atoms with Gasteiger partial charge in [0.15, 0.2) is 0 Å². The highest BCUT2D eigenvalue weighted by atomic mass is 32.1. The summed E-state index contributed by atoms with van der Waals surface area (Å²) in [5.41, 5.74) is 0. The van der Waals surface area contributed by atoms with Crippen molar-refractivity contribution in [3.63, 3.8) is 0 Å². The number of amides is 1. The van der Waals surface area contributed by atoms with Crippen LogP contribution in [0.2, 0.25) is 0 Å². The SMILES string of the molecule is CNCCCC(=O)N(Cc1ccco1)Cc1cccs1. The Morgan fingerprint density at radius 1 is 1.35 bits per heavy atom. The van der Waals surface area contributed by atoms with Crippen molar-refractivity contribution in [1.82, 2.24) is 10.2 Å². The minimum Gasteiger partial charge on any atom is -0.467 e. The van der Waals surface area contributed by atoms with Crippen molar-refractivity contribution >= 4 is 17.2 Å². The highest BCUT2D eigenvalue weighted by Crippen LogP contribution is 2.16. The van der Waals surface area contributed by atoms with Gasteiger partial charge >= 0.3 is 0 Å². The van der Waals surface area contributed by atoms with Gasteiger partial charge in [-0.3, -0.25) is 4.79 Å². The molecule has 2 rings (SSSR count). The minimum atomic E-state index is 0.171. The zero-order valence-electron chi connectivity index (χ0n) is 11.7. The molecule has 2 aromatic heterocycles. The minimum absolute atomic E-state index is 0.171. The lowest BCUT2D eigenvalue weighted by Crippen LogP contribution is -2.30. The molecule has 0 aliphatic heterocycles. The molecular weight excluding hydrogens is 272 g/mol. The van der Waals surface area contributed by atoms with Crippen LogP contribution in [0.1, 0.15) is 23.5 Å². The molecule has 0 aliphatic carbocycles. The van der Waals surface area contributed by atoms with Gasteiger partial charge in [-0.2, -0.15) is 0 Å². The van der Waals surface area contributed by atoms with Crippen LogP contribution in [0.5, 0.6) is 0 Å². The monoisotopic (exact) mass is 292 g/mol. The van der Waals surface area contributed by atoms with Crippen LogP contribution in [0.3, 0.4) is 0 Å². The van der Waals surface area contributed by atoms with Crippen molar-refractivity contribution in [2.45, 2.75) is 25.9 Å². The molecule has 4 nitrogen and oxygen atoms in total.